The van der Waals surface area contributed by atoms with Crippen LogP contribution in [-0.2, 0) is 0 Å². The number of anilines is 1. The van der Waals surface area contributed by atoms with Crippen molar-refractivity contribution in [2.75, 3.05) is 38.1 Å². The summed E-state index contributed by atoms with van der Waals surface area (Å²) in [6, 6.07) is 6.01. The van der Waals surface area contributed by atoms with Crippen LogP contribution in [0, 0.1) is 0 Å². The Morgan fingerprint density at radius 1 is 1.17 bits per heavy atom. The lowest BCUT2D eigenvalue weighted by molar-refractivity contribution is 0.313. The highest BCUT2D eigenvalue weighted by Gasteiger charge is 2.15. The summed E-state index contributed by atoms with van der Waals surface area (Å²) in [5, 5.41) is 0. The summed E-state index contributed by atoms with van der Waals surface area (Å²) < 4.78 is 5.41. The average molecular weight is 243 g/mol. The van der Waals surface area contributed by atoms with Crippen LogP contribution >= 0.6 is 0 Å². The molecule has 2 aromatic rings. The predicted octanol–water partition coefficient (Wildman–Crippen LogP) is 2.09. The van der Waals surface area contributed by atoms with Crippen molar-refractivity contribution >= 4 is 5.69 Å². The molecule has 0 atom stereocenters. The molecule has 0 aromatic carbocycles. The molecule has 0 amide bonds. The molecule has 0 radical (unpaired) electrons. The van der Waals surface area contributed by atoms with E-state index in [0.717, 1.165) is 37.5 Å². The molecule has 0 aliphatic carbocycles. The van der Waals surface area contributed by atoms with Crippen molar-refractivity contribution in [2.24, 2.45) is 0 Å². The molecule has 3 rings (SSSR count). The molecular weight excluding hydrogens is 226 g/mol. The van der Waals surface area contributed by atoms with E-state index in [-0.39, 0.29) is 0 Å². The second kappa shape index (κ2) is 4.82. The summed E-state index contributed by atoms with van der Waals surface area (Å²) in [4.78, 5) is 9.04. The summed E-state index contributed by atoms with van der Waals surface area (Å²) in [6.07, 6.45) is 5.47. The van der Waals surface area contributed by atoms with Crippen LogP contribution < -0.4 is 4.90 Å². The fraction of sp³-hybridized carbons (Fsp3) is 0.357. The zero-order chi connectivity index (χ0) is 12.4. The van der Waals surface area contributed by atoms with Crippen molar-refractivity contribution in [1.82, 2.24) is 9.88 Å². The molecule has 18 heavy (non-hydrogen) atoms. The second-order valence-corrected chi connectivity index (χ2v) is 4.70. The lowest BCUT2D eigenvalue weighted by Gasteiger charge is -2.33. The first-order chi connectivity index (χ1) is 8.83. The molecule has 4 heteroatoms. The lowest BCUT2D eigenvalue weighted by atomic mass is 10.2. The topological polar surface area (TPSA) is 32.5 Å². The zero-order valence-electron chi connectivity index (χ0n) is 10.5. The molecule has 2 aromatic heterocycles. The molecule has 1 aliphatic rings. The van der Waals surface area contributed by atoms with E-state index in [1.165, 1.54) is 5.69 Å². The normalized spacial score (nSPS) is 17.1. The van der Waals surface area contributed by atoms with Gasteiger partial charge in [-0.25, -0.2) is 0 Å². The van der Waals surface area contributed by atoms with Crippen LogP contribution in [0.5, 0.6) is 0 Å². The maximum Gasteiger partial charge on any atom is 0.135 e. The van der Waals surface area contributed by atoms with E-state index in [2.05, 4.69) is 27.9 Å². The summed E-state index contributed by atoms with van der Waals surface area (Å²) in [5.41, 5.74) is 2.22. The van der Waals surface area contributed by atoms with Crippen LogP contribution in [0.15, 0.2) is 41.3 Å². The molecule has 1 fully saturated rings. The zero-order valence-corrected chi connectivity index (χ0v) is 10.5. The average Bonchev–Trinajstić information content (AvgIpc) is 2.94. The molecule has 0 spiro atoms. The van der Waals surface area contributed by atoms with Crippen LogP contribution in [0.2, 0.25) is 0 Å². The fourth-order valence-corrected chi connectivity index (χ4v) is 2.24. The number of aromatic nitrogens is 1. The van der Waals surface area contributed by atoms with Crippen LogP contribution in [0.3, 0.4) is 0 Å². The molecule has 0 N–H and O–H groups in total. The first-order valence-electron chi connectivity index (χ1n) is 6.25. The Morgan fingerprint density at radius 2 is 2.00 bits per heavy atom. The number of piperazine rings is 1. The van der Waals surface area contributed by atoms with Crippen molar-refractivity contribution in [3.63, 3.8) is 0 Å². The molecule has 1 aliphatic heterocycles. The molecule has 94 valence electrons. The quantitative estimate of drug-likeness (QED) is 0.808. The molecule has 4 nitrogen and oxygen atoms in total. The van der Waals surface area contributed by atoms with Gasteiger partial charge < -0.3 is 14.2 Å². The SMILES string of the molecule is CN1CCN(c2cncc(-c3ccco3)c2)CC1. The van der Waals surface area contributed by atoms with Gasteiger partial charge in [0.1, 0.15) is 5.76 Å². The van der Waals surface area contributed by atoms with Gasteiger partial charge in [0.25, 0.3) is 0 Å². The van der Waals surface area contributed by atoms with E-state index in [9.17, 15) is 0 Å². The molecular formula is C14H17N3O. The number of nitrogens with zero attached hydrogens (tertiary/aromatic N) is 3. The first kappa shape index (κ1) is 11.3. The standard InChI is InChI=1S/C14H17N3O/c1-16-4-6-17(7-5-16)13-9-12(10-15-11-13)14-3-2-8-18-14/h2-3,8-11H,4-7H2,1H3. The summed E-state index contributed by atoms with van der Waals surface area (Å²) in [5.74, 6) is 0.874. The smallest absolute Gasteiger partial charge is 0.135 e. The summed E-state index contributed by atoms with van der Waals surface area (Å²) in [7, 11) is 2.16. The van der Waals surface area contributed by atoms with E-state index in [1.54, 1.807) is 6.26 Å². The highest BCUT2D eigenvalue weighted by Crippen LogP contribution is 2.24. The molecule has 0 unspecified atom stereocenters. The number of hydrogen-bond donors (Lipinski definition) is 0. The Labute approximate surface area is 107 Å². The van der Waals surface area contributed by atoms with Crippen LogP contribution in [-0.4, -0.2) is 43.1 Å². The van der Waals surface area contributed by atoms with Crippen molar-refractivity contribution in [3.05, 3.63) is 36.9 Å². The number of rotatable bonds is 2. The first-order valence-corrected chi connectivity index (χ1v) is 6.25. The highest BCUT2D eigenvalue weighted by molar-refractivity contribution is 5.62. The monoisotopic (exact) mass is 243 g/mol. The van der Waals surface area contributed by atoms with Crippen molar-refractivity contribution in [2.45, 2.75) is 0 Å². The van der Waals surface area contributed by atoms with E-state index in [4.69, 9.17) is 4.42 Å². The van der Waals surface area contributed by atoms with Gasteiger partial charge >= 0.3 is 0 Å². The summed E-state index contributed by atoms with van der Waals surface area (Å²) >= 11 is 0. The van der Waals surface area contributed by atoms with Gasteiger partial charge in [-0.05, 0) is 25.2 Å². The Morgan fingerprint density at radius 3 is 2.72 bits per heavy atom. The Balaban J connectivity index is 1.83. The van der Waals surface area contributed by atoms with Crippen molar-refractivity contribution < 1.29 is 4.42 Å². The third-order valence-corrected chi connectivity index (χ3v) is 3.40. The predicted molar refractivity (Wildman–Crippen MR) is 71.6 cm³/mol. The van der Waals surface area contributed by atoms with Gasteiger partial charge in [-0.1, -0.05) is 0 Å². The van der Waals surface area contributed by atoms with Gasteiger partial charge in [0.05, 0.1) is 18.1 Å². The molecule has 3 heterocycles. The largest absolute Gasteiger partial charge is 0.464 e. The van der Waals surface area contributed by atoms with Crippen molar-refractivity contribution in [3.8, 4) is 11.3 Å². The minimum Gasteiger partial charge on any atom is -0.464 e. The van der Waals surface area contributed by atoms with Gasteiger partial charge in [0.15, 0.2) is 0 Å². The van der Waals surface area contributed by atoms with Crippen molar-refractivity contribution in [1.29, 1.82) is 0 Å². The van der Waals surface area contributed by atoms with E-state index < -0.39 is 0 Å². The van der Waals surface area contributed by atoms with Gasteiger partial charge in [0.2, 0.25) is 0 Å². The van der Waals surface area contributed by atoms with Crippen LogP contribution in [0.25, 0.3) is 11.3 Å². The number of pyridine rings is 1. The lowest BCUT2D eigenvalue weighted by Crippen LogP contribution is -2.44. The van der Waals surface area contributed by atoms with Gasteiger partial charge in [0, 0.05) is 37.9 Å². The van der Waals surface area contributed by atoms with Crippen LogP contribution in [0.1, 0.15) is 0 Å². The Kier molecular flexibility index (Phi) is 3.02. The highest BCUT2D eigenvalue weighted by atomic mass is 16.3. The number of likely N-dealkylation sites (N-methyl/N-ethyl adjacent to an activating group) is 1. The minimum atomic E-state index is 0.874. The molecule has 0 bridgehead atoms. The van der Waals surface area contributed by atoms with E-state index >= 15 is 0 Å². The second-order valence-electron chi connectivity index (χ2n) is 4.70. The summed E-state index contributed by atoms with van der Waals surface area (Å²) in [6.45, 7) is 4.32. The third kappa shape index (κ3) is 2.24. The molecule has 1 saturated heterocycles. The van der Waals surface area contributed by atoms with Gasteiger partial charge in [-0.3, -0.25) is 4.98 Å². The number of hydrogen-bond acceptors (Lipinski definition) is 4. The van der Waals surface area contributed by atoms with Gasteiger partial charge in [-0.15, -0.1) is 0 Å². The van der Waals surface area contributed by atoms with Gasteiger partial charge in [-0.2, -0.15) is 0 Å². The van der Waals surface area contributed by atoms with Crippen LogP contribution in [0.4, 0.5) is 5.69 Å². The maximum atomic E-state index is 5.41. The molecule has 0 saturated carbocycles. The Bertz CT molecular complexity index is 502. The van der Waals surface area contributed by atoms with E-state index in [0.29, 0.717) is 0 Å². The Hall–Kier alpha value is -1.81. The third-order valence-electron chi connectivity index (χ3n) is 3.40. The maximum absolute atomic E-state index is 5.41. The number of furan rings is 1. The fourth-order valence-electron chi connectivity index (χ4n) is 2.24. The minimum absolute atomic E-state index is 0.874. The van der Waals surface area contributed by atoms with E-state index in [1.807, 2.05) is 24.5 Å².